The number of alkyl carbamates (subject to hydrolysis) is 1. The lowest BCUT2D eigenvalue weighted by Gasteiger charge is -2.31. The van der Waals surface area contributed by atoms with E-state index in [1.165, 1.54) is 11.4 Å². The fraction of sp³-hybridized carbons (Fsp3) is 0.600. The Kier molecular flexibility index (Phi) is 5.66. The molecule has 0 aromatic carbocycles. The maximum Gasteiger partial charge on any atom is 0.407 e. The molecule has 0 saturated heterocycles. The maximum absolute atomic E-state index is 12.0. The highest BCUT2D eigenvalue weighted by Gasteiger charge is 2.25. The van der Waals surface area contributed by atoms with E-state index in [2.05, 4.69) is 44.9 Å². The number of aryl methyl sites for hydroxylation is 2. The molecule has 1 aliphatic rings. The second-order valence-corrected chi connectivity index (χ2v) is 9.06. The molecule has 2 N–H and O–H groups in total. The van der Waals surface area contributed by atoms with E-state index < -0.39 is 5.60 Å². The summed E-state index contributed by atoms with van der Waals surface area (Å²) < 4.78 is 7.41. The molecule has 1 fully saturated rings. The number of ether oxygens (including phenoxy) is 1. The number of amides is 1. The number of nitrogens with one attached hydrogen (secondary N) is 2. The quantitative estimate of drug-likeness (QED) is 0.755. The van der Waals surface area contributed by atoms with Crippen molar-refractivity contribution in [2.45, 2.75) is 78.0 Å². The summed E-state index contributed by atoms with van der Waals surface area (Å²) >= 11 is 0. The van der Waals surface area contributed by atoms with Gasteiger partial charge in [0.25, 0.3) is 0 Å². The summed E-state index contributed by atoms with van der Waals surface area (Å²) in [4.78, 5) is 16.5. The van der Waals surface area contributed by atoms with E-state index in [1.807, 2.05) is 31.3 Å². The lowest BCUT2D eigenvalue weighted by Crippen LogP contribution is -2.42. The van der Waals surface area contributed by atoms with Crippen molar-refractivity contribution in [3.05, 3.63) is 23.5 Å². The van der Waals surface area contributed by atoms with Gasteiger partial charge in [-0.25, -0.2) is 9.78 Å². The van der Waals surface area contributed by atoms with Crippen molar-refractivity contribution in [1.82, 2.24) is 14.6 Å². The van der Waals surface area contributed by atoms with Gasteiger partial charge in [-0.2, -0.15) is 0 Å². The number of nitrogens with zero attached hydrogens (tertiary/aromatic N) is 2. The minimum Gasteiger partial charge on any atom is -0.444 e. The van der Waals surface area contributed by atoms with Crippen LogP contribution in [-0.2, 0) is 4.74 Å². The highest BCUT2D eigenvalue weighted by Crippen LogP contribution is 2.32. The lowest BCUT2D eigenvalue weighted by atomic mass is 9.91. The number of fused-ring (bicyclic) bond motifs is 1. The van der Waals surface area contributed by atoms with Gasteiger partial charge >= 0.3 is 6.09 Å². The Labute approximate surface area is 163 Å². The number of anilines is 1. The molecular formula is C20H31N4O2P. The molecule has 6 nitrogen and oxygen atoms in total. The average Bonchev–Trinajstić information content (AvgIpc) is 2.85. The molecule has 1 saturated carbocycles. The molecule has 1 atom stereocenters. The second-order valence-electron chi connectivity index (χ2n) is 8.55. The topological polar surface area (TPSA) is 68.2 Å². The molecule has 7 heteroatoms. The van der Waals surface area contributed by atoms with Crippen LogP contribution in [0.1, 0.15) is 57.7 Å². The Bertz CT molecular complexity index is 833. The van der Waals surface area contributed by atoms with Gasteiger partial charge in [0.1, 0.15) is 11.2 Å². The Morgan fingerprint density at radius 3 is 2.48 bits per heavy atom. The van der Waals surface area contributed by atoms with Gasteiger partial charge < -0.3 is 19.7 Å². The molecule has 1 unspecified atom stereocenters. The summed E-state index contributed by atoms with van der Waals surface area (Å²) in [5.41, 5.74) is 4.02. The van der Waals surface area contributed by atoms with Crippen LogP contribution in [0.2, 0.25) is 0 Å². The first-order valence-electron chi connectivity index (χ1n) is 9.63. The van der Waals surface area contributed by atoms with Crippen LogP contribution in [0.15, 0.2) is 12.3 Å². The number of rotatable bonds is 3. The number of carbonyl (C=O) groups excluding carboxylic acids is 1. The van der Waals surface area contributed by atoms with Gasteiger partial charge in [-0.05, 0) is 81.3 Å². The smallest absolute Gasteiger partial charge is 0.407 e. The third-order valence-electron chi connectivity index (χ3n) is 5.04. The van der Waals surface area contributed by atoms with Crippen LogP contribution in [0, 0.1) is 13.8 Å². The molecule has 1 aliphatic carbocycles. The second kappa shape index (κ2) is 7.67. The van der Waals surface area contributed by atoms with Crippen molar-refractivity contribution < 1.29 is 9.53 Å². The van der Waals surface area contributed by atoms with Crippen molar-refractivity contribution in [3.8, 4) is 0 Å². The zero-order chi connectivity index (χ0) is 19.8. The van der Waals surface area contributed by atoms with Gasteiger partial charge in [0.15, 0.2) is 0 Å². The van der Waals surface area contributed by atoms with Gasteiger partial charge in [0, 0.05) is 35.0 Å². The van der Waals surface area contributed by atoms with Crippen molar-refractivity contribution in [1.29, 1.82) is 0 Å². The Morgan fingerprint density at radius 1 is 1.22 bits per heavy atom. The van der Waals surface area contributed by atoms with Crippen molar-refractivity contribution >= 4 is 32.2 Å². The summed E-state index contributed by atoms with van der Waals surface area (Å²) in [6.45, 7) is 9.83. The van der Waals surface area contributed by atoms with Gasteiger partial charge in [-0.3, -0.25) is 0 Å². The maximum atomic E-state index is 12.0. The van der Waals surface area contributed by atoms with Crippen LogP contribution >= 0.6 is 9.39 Å². The normalized spacial score (nSPS) is 20.5. The summed E-state index contributed by atoms with van der Waals surface area (Å²) in [5, 5.41) is 7.91. The molecular weight excluding hydrogens is 359 g/mol. The van der Waals surface area contributed by atoms with Crippen molar-refractivity contribution in [2.24, 2.45) is 0 Å². The van der Waals surface area contributed by atoms with Gasteiger partial charge in [0.2, 0.25) is 0 Å². The van der Waals surface area contributed by atoms with Gasteiger partial charge in [0.05, 0.1) is 0 Å². The monoisotopic (exact) mass is 390 g/mol. The van der Waals surface area contributed by atoms with E-state index in [1.54, 1.807) is 0 Å². The van der Waals surface area contributed by atoms with Crippen molar-refractivity contribution in [3.63, 3.8) is 0 Å². The largest absolute Gasteiger partial charge is 0.444 e. The first-order valence-corrected chi connectivity index (χ1v) is 10.1. The van der Waals surface area contributed by atoms with Crippen LogP contribution in [0.5, 0.6) is 0 Å². The summed E-state index contributed by atoms with van der Waals surface area (Å²) in [7, 11) is 2.72. The molecule has 2 heterocycles. The molecule has 1 amide bonds. The zero-order valence-electron chi connectivity index (χ0n) is 16.9. The van der Waals surface area contributed by atoms with Crippen LogP contribution in [0.3, 0.4) is 0 Å². The number of hydrogen-bond acceptors (Lipinski definition) is 4. The lowest BCUT2D eigenvalue weighted by molar-refractivity contribution is 0.0492. The van der Waals surface area contributed by atoms with Crippen LogP contribution in [-0.4, -0.2) is 33.1 Å². The molecule has 2 aromatic heterocycles. The first-order chi connectivity index (χ1) is 12.6. The highest BCUT2D eigenvalue weighted by atomic mass is 31.0. The summed E-state index contributed by atoms with van der Waals surface area (Å²) in [6, 6.07) is 2.77. The summed E-state index contributed by atoms with van der Waals surface area (Å²) in [5.74, 6) is 0. The first kappa shape index (κ1) is 19.9. The van der Waals surface area contributed by atoms with Gasteiger partial charge in [-0.1, -0.05) is 0 Å². The fourth-order valence-corrected chi connectivity index (χ4v) is 3.92. The van der Waals surface area contributed by atoms with Gasteiger partial charge in [-0.15, -0.1) is 0 Å². The highest BCUT2D eigenvalue weighted by molar-refractivity contribution is 7.15. The molecule has 0 aliphatic heterocycles. The fourth-order valence-electron chi connectivity index (χ4n) is 3.64. The van der Waals surface area contributed by atoms with E-state index in [4.69, 9.17) is 4.74 Å². The van der Waals surface area contributed by atoms with Crippen LogP contribution < -0.4 is 10.6 Å². The number of pyridine rings is 1. The number of aromatic nitrogens is 2. The summed E-state index contributed by atoms with van der Waals surface area (Å²) in [6.07, 6.45) is 5.55. The standard InChI is InChI=1S/C20H31N4O2P/c1-12-11-21-18-16(10-13(2)24(18)27)17(12)22-14-6-8-15(9-7-14)23-19(25)26-20(3,4)5/h10-11,14-15H,6-9,27H2,1-5H3,(H,21,22)(H,23,25). The molecule has 0 radical (unpaired) electrons. The predicted octanol–water partition coefficient (Wildman–Crippen LogP) is 4.54. The third-order valence-corrected chi connectivity index (χ3v) is 5.69. The van der Waals surface area contributed by atoms with E-state index in [0.717, 1.165) is 42.3 Å². The van der Waals surface area contributed by atoms with Crippen LogP contribution in [0.4, 0.5) is 10.5 Å². The molecule has 0 spiro atoms. The number of carbonyl (C=O) groups is 1. The Hall–Kier alpha value is -1.81. The minimum absolute atomic E-state index is 0.187. The van der Waals surface area contributed by atoms with E-state index in [9.17, 15) is 4.79 Å². The van der Waals surface area contributed by atoms with E-state index in [0.29, 0.717) is 6.04 Å². The molecule has 0 bridgehead atoms. The van der Waals surface area contributed by atoms with E-state index in [-0.39, 0.29) is 12.1 Å². The zero-order valence-corrected chi connectivity index (χ0v) is 18.1. The Morgan fingerprint density at radius 2 is 1.85 bits per heavy atom. The minimum atomic E-state index is -0.459. The molecule has 2 aromatic rings. The van der Waals surface area contributed by atoms with Crippen LogP contribution in [0.25, 0.3) is 11.0 Å². The molecule has 3 rings (SSSR count). The SMILES string of the molecule is Cc1cnc2c(cc(C)n2P)c1NC1CCC(NC(=O)OC(C)(C)C)CC1. The molecule has 148 valence electrons. The van der Waals surface area contributed by atoms with E-state index >= 15 is 0 Å². The average molecular weight is 390 g/mol. The third kappa shape index (κ3) is 4.73. The molecule has 27 heavy (non-hydrogen) atoms. The Balaban J connectivity index is 1.62. The number of hydrogen-bond donors (Lipinski definition) is 2. The van der Waals surface area contributed by atoms with Crippen molar-refractivity contribution in [2.75, 3.05) is 5.32 Å². The predicted molar refractivity (Wildman–Crippen MR) is 113 cm³/mol.